The van der Waals surface area contributed by atoms with Crippen molar-refractivity contribution in [2.75, 3.05) is 31.2 Å². The minimum absolute atomic E-state index is 0.413. The van der Waals surface area contributed by atoms with Crippen LogP contribution in [0.4, 0.5) is 5.82 Å². The number of hydrogen-bond acceptors (Lipinski definition) is 5. The molecule has 1 N–H and O–H groups in total. The minimum Gasteiger partial charge on any atom is -0.480 e. The summed E-state index contributed by atoms with van der Waals surface area (Å²) < 4.78 is 6.16. The Bertz CT molecular complexity index is 465. The van der Waals surface area contributed by atoms with Gasteiger partial charge in [-0.15, -0.1) is 0 Å². The second kappa shape index (κ2) is 4.96. The predicted octanol–water partition coefficient (Wildman–Crippen LogP) is -0.835. The molecule has 0 amide bonds. The summed E-state index contributed by atoms with van der Waals surface area (Å²) in [5.41, 5.74) is -0.413. The van der Waals surface area contributed by atoms with Crippen molar-refractivity contribution in [3.05, 3.63) is 22.5 Å². The molecular formula is C10H13N3O4. The molecule has 92 valence electrons. The van der Waals surface area contributed by atoms with E-state index in [1.54, 1.807) is 6.07 Å². The largest absolute Gasteiger partial charge is 0.480 e. The molecule has 0 aromatic carbocycles. The smallest absolute Gasteiger partial charge is 0.325 e. The van der Waals surface area contributed by atoms with Crippen molar-refractivity contribution in [2.45, 2.75) is 6.54 Å². The summed E-state index contributed by atoms with van der Waals surface area (Å²) in [7, 11) is 0. The van der Waals surface area contributed by atoms with Gasteiger partial charge < -0.3 is 14.7 Å². The van der Waals surface area contributed by atoms with E-state index in [-0.39, 0.29) is 0 Å². The lowest BCUT2D eigenvalue weighted by molar-refractivity contribution is -0.138. The number of hydrogen-bond donors (Lipinski definition) is 1. The number of carboxylic acids is 1. The van der Waals surface area contributed by atoms with Gasteiger partial charge in [-0.3, -0.25) is 9.59 Å². The number of aliphatic carboxylic acids is 1. The molecular weight excluding hydrogens is 226 g/mol. The summed E-state index contributed by atoms with van der Waals surface area (Å²) >= 11 is 0. The topological polar surface area (TPSA) is 84.7 Å². The summed E-state index contributed by atoms with van der Waals surface area (Å²) in [5, 5.41) is 12.7. The van der Waals surface area contributed by atoms with Gasteiger partial charge in [-0.1, -0.05) is 0 Å². The fourth-order valence-corrected chi connectivity index (χ4v) is 1.64. The highest BCUT2D eigenvalue weighted by atomic mass is 16.5. The third-order valence-electron chi connectivity index (χ3n) is 2.47. The van der Waals surface area contributed by atoms with Crippen molar-refractivity contribution in [1.82, 2.24) is 9.78 Å². The van der Waals surface area contributed by atoms with Crippen LogP contribution < -0.4 is 10.5 Å². The maximum Gasteiger partial charge on any atom is 0.325 e. The number of carbonyl (C=O) groups is 1. The van der Waals surface area contributed by atoms with Crippen molar-refractivity contribution in [1.29, 1.82) is 0 Å². The lowest BCUT2D eigenvalue weighted by Crippen LogP contribution is -2.38. The molecule has 2 heterocycles. The van der Waals surface area contributed by atoms with Crippen LogP contribution in [0.1, 0.15) is 0 Å². The molecule has 0 atom stereocenters. The molecule has 1 aliphatic heterocycles. The first-order chi connectivity index (χ1) is 8.16. The van der Waals surface area contributed by atoms with E-state index in [4.69, 9.17) is 9.84 Å². The standard InChI is InChI=1S/C10H13N3O4/c14-9-2-1-8(11-13(9)7-10(15)16)12-3-5-17-6-4-12/h1-2H,3-7H2,(H,15,16). The van der Waals surface area contributed by atoms with Crippen LogP contribution in [0, 0.1) is 0 Å². The van der Waals surface area contributed by atoms with Crippen LogP contribution in [0.15, 0.2) is 16.9 Å². The zero-order chi connectivity index (χ0) is 12.3. The van der Waals surface area contributed by atoms with Gasteiger partial charge in [0.1, 0.15) is 12.4 Å². The first-order valence-corrected chi connectivity index (χ1v) is 5.29. The molecule has 1 aromatic rings. The maximum absolute atomic E-state index is 11.4. The van der Waals surface area contributed by atoms with Gasteiger partial charge in [0.25, 0.3) is 5.56 Å². The summed E-state index contributed by atoms with van der Waals surface area (Å²) in [4.78, 5) is 23.9. The van der Waals surface area contributed by atoms with Crippen LogP contribution in [-0.4, -0.2) is 47.2 Å². The monoisotopic (exact) mass is 239 g/mol. The van der Waals surface area contributed by atoms with Gasteiger partial charge in [-0.25, -0.2) is 4.68 Å². The molecule has 7 heteroatoms. The molecule has 0 radical (unpaired) electrons. The lowest BCUT2D eigenvalue weighted by atomic mass is 10.4. The van der Waals surface area contributed by atoms with Gasteiger partial charge in [0.15, 0.2) is 0 Å². The Labute approximate surface area is 97.2 Å². The molecule has 1 saturated heterocycles. The summed E-state index contributed by atoms with van der Waals surface area (Å²) in [6, 6.07) is 2.94. The fraction of sp³-hybridized carbons (Fsp3) is 0.500. The van der Waals surface area contributed by atoms with E-state index in [9.17, 15) is 9.59 Å². The van der Waals surface area contributed by atoms with Gasteiger partial charge in [-0.05, 0) is 6.07 Å². The van der Waals surface area contributed by atoms with Crippen molar-refractivity contribution < 1.29 is 14.6 Å². The second-order valence-electron chi connectivity index (χ2n) is 3.68. The highest BCUT2D eigenvalue weighted by Crippen LogP contribution is 2.09. The Hall–Kier alpha value is -1.89. The molecule has 7 nitrogen and oxygen atoms in total. The maximum atomic E-state index is 11.4. The summed E-state index contributed by atoms with van der Waals surface area (Å²) in [5.74, 6) is -0.479. The minimum atomic E-state index is -1.08. The number of morpholine rings is 1. The molecule has 0 bridgehead atoms. The van der Waals surface area contributed by atoms with Gasteiger partial charge in [0.05, 0.1) is 13.2 Å². The number of nitrogens with zero attached hydrogens (tertiary/aromatic N) is 3. The normalized spacial score (nSPS) is 15.9. The number of ether oxygens (including phenoxy) is 1. The SMILES string of the molecule is O=C(O)Cn1nc(N2CCOCC2)ccc1=O. The Kier molecular flexibility index (Phi) is 3.38. The molecule has 1 aliphatic rings. The third kappa shape index (κ3) is 2.82. The molecule has 0 saturated carbocycles. The average Bonchev–Trinajstić information content (AvgIpc) is 2.32. The Morgan fingerprint density at radius 1 is 1.41 bits per heavy atom. The van der Waals surface area contributed by atoms with Crippen LogP contribution >= 0.6 is 0 Å². The van der Waals surface area contributed by atoms with E-state index in [0.717, 1.165) is 4.68 Å². The third-order valence-corrected chi connectivity index (χ3v) is 2.47. The molecule has 17 heavy (non-hydrogen) atoms. The van der Waals surface area contributed by atoms with Gasteiger partial charge >= 0.3 is 5.97 Å². The van der Waals surface area contributed by atoms with E-state index in [2.05, 4.69) is 5.10 Å². The zero-order valence-electron chi connectivity index (χ0n) is 9.20. The fourth-order valence-electron chi connectivity index (χ4n) is 1.64. The molecule has 1 aromatic heterocycles. The van der Waals surface area contributed by atoms with E-state index in [1.165, 1.54) is 6.07 Å². The van der Waals surface area contributed by atoms with Crippen molar-refractivity contribution in [3.63, 3.8) is 0 Å². The summed E-state index contributed by atoms with van der Waals surface area (Å²) in [6.07, 6.45) is 0. The highest BCUT2D eigenvalue weighted by molar-refractivity contribution is 5.66. The first kappa shape index (κ1) is 11.6. The zero-order valence-corrected chi connectivity index (χ0v) is 9.20. The Morgan fingerprint density at radius 3 is 2.76 bits per heavy atom. The van der Waals surface area contributed by atoms with E-state index in [0.29, 0.717) is 32.1 Å². The van der Waals surface area contributed by atoms with Crippen LogP contribution in [0.3, 0.4) is 0 Å². The summed E-state index contributed by atoms with van der Waals surface area (Å²) in [6.45, 7) is 2.19. The number of rotatable bonds is 3. The quantitative estimate of drug-likeness (QED) is 0.740. The predicted molar refractivity (Wildman–Crippen MR) is 59.2 cm³/mol. The van der Waals surface area contributed by atoms with Crippen molar-refractivity contribution in [2.24, 2.45) is 0 Å². The van der Waals surface area contributed by atoms with Crippen LogP contribution in [0.2, 0.25) is 0 Å². The number of aromatic nitrogens is 2. The van der Waals surface area contributed by atoms with Crippen molar-refractivity contribution in [3.8, 4) is 0 Å². The number of anilines is 1. The molecule has 2 rings (SSSR count). The van der Waals surface area contributed by atoms with Gasteiger partial charge in [0.2, 0.25) is 0 Å². The first-order valence-electron chi connectivity index (χ1n) is 5.29. The average molecular weight is 239 g/mol. The lowest BCUT2D eigenvalue weighted by Gasteiger charge is -2.27. The number of carboxylic acid groups (broad SMARTS) is 1. The second-order valence-corrected chi connectivity index (χ2v) is 3.68. The van der Waals surface area contributed by atoms with E-state index >= 15 is 0 Å². The van der Waals surface area contributed by atoms with Crippen LogP contribution in [0.5, 0.6) is 0 Å². The van der Waals surface area contributed by atoms with E-state index < -0.39 is 18.1 Å². The highest BCUT2D eigenvalue weighted by Gasteiger charge is 2.14. The molecule has 0 unspecified atom stereocenters. The molecule has 0 spiro atoms. The molecule has 0 aliphatic carbocycles. The van der Waals surface area contributed by atoms with Crippen LogP contribution in [-0.2, 0) is 16.1 Å². The van der Waals surface area contributed by atoms with Crippen molar-refractivity contribution >= 4 is 11.8 Å². The van der Waals surface area contributed by atoms with Gasteiger partial charge in [0, 0.05) is 19.2 Å². The van der Waals surface area contributed by atoms with E-state index in [1.807, 2.05) is 4.90 Å². The molecule has 1 fully saturated rings. The Balaban J connectivity index is 2.23. The Morgan fingerprint density at radius 2 is 2.12 bits per heavy atom. The van der Waals surface area contributed by atoms with Crippen LogP contribution in [0.25, 0.3) is 0 Å². The van der Waals surface area contributed by atoms with Gasteiger partial charge in [-0.2, -0.15) is 5.10 Å².